The number of methoxy groups -OCH3 is 2. The molecule has 1 aromatic rings. The van der Waals surface area contributed by atoms with Crippen LogP contribution in [0.5, 0.6) is 11.5 Å². The molecule has 5 heteroatoms. The van der Waals surface area contributed by atoms with Crippen molar-refractivity contribution in [3.05, 3.63) is 17.7 Å². The normalized spacial score (nSPS) is 16.2. The van der Waals surface area contributed by atoms with Crippen molar-refractivity contribution < 1.29 is 14.3 Å². The summed E-state index contributed by atoms with van der Waals surface area (Å²) < 4.78 is 10.5. The van der Waals surface area contributed by atoms with Crippen molar-refractivity contribution in [1.29, 1.82) is 0 Å². The lowest BCUT2D eigenvalue weighted by molar-refractivity contribution is -0.118. The van der Waals surface area contributed by atoms with Gasteiger partial charge in [-0.1, -0.05) is 0 Å². The fourth-order valence-corrected chi connectivity index (χ4v) is 2.44. The maximum absolute atomic E-state index is 12.1. The summed E-state index contributed by atoms with van der Waals surface area (Å²) >= 11 is 0. The van der Waals surface area contributed by atoms with Crippen molar-refractivity contribution in [2.75, 3.05) is 19.5 Å². The van der Waals surface area contributed by atoms with Gasteiger partial charge in [0.15, 0.2) is 11.5 Å². The Balaban J connectivity index is 2.10. The highest BCUT2D eigenvalue weighted by atomic mass is 16.5. The van der Waals surface area contributed by atoms with Crippen molar-refractivity contribution in [1.82, 2.24) is 0 Å². The molecule has 0 spiro atoms. The maximum atomic E-state index is 12.1. The molecule has 0 aromatic heterocycles. The molecule has 3 N–H and O–H groups in total. The zero-order valence-corrected chi connectivity index (χ0v) is 12.3. The number of nitrogens with one attached hydrogen (secondary N) is 1. The van der Waals surface area contributed by atoms with Gasteiger partial charge in [0.1, 0.15) is 0 Å². The van der Waals surface area contributed by atoms with Crippen LogP contribution in [0, 0.1) is 6.92 Å². The second-order valence-corrected chi connectivity index (χ2v) is 5.46. The molecule has 2 rings (SSSR count). The van der Waals surface area contributed by atoms with Gasteiger partial charge >= 0.3 is 0 Å². The standard InChI is InChI=1S/C15H22N2O3/c1-10-7-12(19-2)13(20-3)8-11(10)17-14(18)9-15(16)5-4-6-15/h7-8H,4-6,9,16H2,1-3H3,(H,17,18). The Kier molecular flexibility index (Phi) is 4.18. The van der Waals surface area contributed by atoms with Crippen LogP contribution in [0.2, 0.25) is 0 Å². The molecule has 0 atom stereocenters. The summed E-state index contributed by atoms with van der Waals surface area (Å²) in [5.74, 6) is 1.19. The summed E-state index contributed by atoms with van der Waals surface area (Å²) in [6.45, 7) is 1.92. The monoisotopic (exact) mass is 278 g/mol. The highest BCUT2D eigenvalue weighted by Crippen LogP contribution is 2.35. The molecule has 0 bridgehead atoms. The highest BCUT2D eigenvalue weighted by molar-refractivity contribution is 5.92. The molecular weight excluding hydrogens is 256 g/mol. The molecule has 110 valence electrons. The summed E-state index contributed by atoms with van der Waals surface area (Å²) in [6, 6.07) is 3.62. The number of amides is 1. The van der Waals surface area contributed by atoms with Crippen LogP contribution < -0.4 is 20.5 Å². The van der Waals surface area contributed by atoms with Crippen molar-refractivity contribution in [2.45, 2.75) is 38.1 Å². The molecule has 20 heavy (non-hydrogen) atoms. The van der Waals surface area contributed by atoms with Crippen LogP contribution >= 0.6 is 0 Å². The third-order valence-corrected chi connectivity index (χ3v) is 3.87. The second kappa shape index (κ2) is 5.71. The SMILES string of the molecule is COc1cc(C)c(NC(=O)CC2(N)CCC2)cc1OC. The van der Waals surface area contributed by atoms with Crippen molar-refractivity contribution in [3.8, 4) is 11.5 Å². The van der Waals surface area contributed by atoms with Crippen LogP contribution in [0.15, 0.2) is 12.1 Å². The quantitative estimate of drug-likeness (QED) is 0.866. The van der Waals surface area contributed by atoms with Gasteiger partial charge in [-0.25, -0.2) is 0 Å². The fourth-order valence-electron chi connectivity index (χ4n) is 2.44. The number of carbonyl (C=O) groups excluding carboxylic acids is 1. The molecule has 0 heterocycles. The van der Waals surface area contributed by atoms with Gasteiger partial charge in [-0.2, -0.15) is 0 Å². The minimum Gasteiger partial charge on any atom is -0.493 e. The smallest absolute Gasteiger partial charge is 0.226 e. The Morgan fingerprint density at radius 3 is 2.40 bits per heavy atom. The van der Waals surface area contributed by atoms with Gasteiger partial charge in [0, 0.05) is 23.7 Å². The van der Waals surface area contributed by atoms with E-state index in [-0.39, 0.29) is 11.4 Å². The number of anilines is 1. The number of ether oxygens (including phenoxy) is 2. The van der Waals surface area contributed by atoms with Crippen molar-refractivity contribution in [3.63, 3.8) is 0 Å². The lowest BCUT2D eigenvalue weighted by Crippen LogP contribution is -2.48. The van der Waals surface area contributed by atoms with Crippen molar-refractivity contribution >= 4 is 11.6 Å². The first-order valence-corrected chi connectivity index (χ1v) is 6.79. The number of aryl methyl sites for hydroxylation is 1. The number of hydrogen-bond acceptors (Lipinski definition) is 4. The molecule has 1 fully saturated rings. The Morgan fingerprint density at radius 2 is 1.90 bits per heavy atom. The van der Waals surface area contributed by atoms with Gasteiger partial charge in [-0.05, 0) is 37.8 Å². The van der Waals surface area contributed by atoms with E-state index in [4.69, 9.17) is 15.2 Å². The molecule has 0 radical (unpaired) electrons. The van der Waals surface area contributed by atoms with E-state index in [2.05, 4.69) is 5.32 Å². The van der Waals surface area contributed by atoms with E-state index in [1.54, 1.807) is 20.3 Å². The number of benzene rings is 1. The Labute approximate surface area is 119 Å². The Bertz CT molecular complexity index is 510. The van der Waals surface area contributed by atoms with Gasteiger partial charge in [0.05, 0.1) is 14.2 Å². The number of carbonyl (C=O) groups is 1. The van der Waals surface area contributed by atoms with Crippen LogP contribution in [0.4, 0.5) is 5.69 Å². The number of nitrogens with two attached hydrogens (primary N) is 1. The molecule has 1 aliphatic carbocycles. The maximum Gasteiger partial charge on any atom is 0.226 e. The van der Waals surface area contributed by atoms with Crippen LogP contribution in [-0.4, -0.2) is 25.7 Å². The van der Waals surface area contributed by atoms with E-state index < -0.39 is 0 Å². The average molecular weight is 278 g/mol. The topological polar surface area (TPSA) is 73.6 Å². The van der Waals surface area contributed by atoms with Crippen LogP contribution in [0.25, 0.3) is 0 Å². The first-order chi connectivity index (χ1) is 9.47. The molecule has 1 saturated carbocycles. The molecule has 0 aliphatic heterocycles. The Hall–Kier alpha value is -1.75. The van der Waals surface area contributed by atoms with Gasteiger partial charge in [0.25, 0.3) is 0 Å². The lowest BCUT2D eigenvalue weighted by atomic mass is 9.75. The summed E-state index contributed by atoms with van der Waals surface area (Å²) in [4.78, 5) is 12.1. The van der Waals surface area contributed by atoms with Gasteiger partial charge in [-0.15, -0.1) is 0 Å². The molecule has 0 unspecified atom stereocenters. The molecule has 5 nitrogen and oxygen atoms in total. The number of rotatable bonds is 5. The predicted molar refractivity (Wildman–Crippen MR) is 78.3 cm³/mol. The molecular formula is C15H22N2O3. The minimum atomic E-state index is -0.311. The fraction of sp³-hybridized carbons (Fsp3) is 0.533. The second-order valence-electron chi connectivity index (χ2n) is 5.46. The molecule has 1 aromatic carbocycles. The third kappa shape index (κ3) is 3.04. The third-order valence-electron chi connectivity index (χ3n) is 3.87. The molecule has 1 amide bonds. The Morgan fingerprint density at radius 1 is 1.30 bits per heavy atom. The largest absolute Gasteiger partial charge is 0.493 e. The van der Waals surface area contributed by atoms with E-state index in [1.807, 2.05) is 13.0 Å². The van der Waals surface area contributed by atoms with Crippen LogP contribution in [0.1, 0.15) is 31.2 Å². The van der Waals surface area contributed by atoms with E-state index in [1.165, 1.54) is 0 Å². The summed E-state index contributed by atoms with van der Waals surface area (Å²) in [6.07, 6.45) is 3.32. The zero-order chi connectivity index (χ0) is 14.8. The molecule has 0 saturated heterocycles. The average Bonchev–Trinajstić information content (AvgIpc) is 2.38. The van der Waals surface area contributed by atoms with Gasteiger partial charge in [0.2, 0.25) is 5.91 Å². The van der Waals surface area contributed by atoms with Crippen LogP contribution in [0.3, 0.4) is 0 Å². The summed E-state index contributed by atoms with van der Waals surface area (Å²) in [5, 5.41) is 2.91. The molecule has 1 aliphatic rings. The lowest BCUT2D eigenvalue weighted by Gasteiger charge is -2.37. The van der Waals surface area contributed by atoms with E-state index in [9.17, 15) is 4.79 Å². The van der Waals surface area contributed by atoms with Gasteiger partial charge < -0.3 is 20.5 Å². The van der Waals surface area contributed by atoms with E-state index >= 15 is 0 Å². The van der Waals surface area contributed by atoms with E-state index in [0.29, 0.717) is 17.9 Å². The van der Waals surface area contributed by atoms with Crippen LogP contribution in [-0.2, 0) is 4.79 Å². The van der Waals surface area contributed by atoms with E-state index in [0.717, 1.165) is 30.5 Å². The summed E-state index contributed by atoms with van der Waals surface area (Å²) in [5.41, 5.74) is 7.44. The highest BCUT2D eigenvalue weighted by Gasteiger charge is 2.34. The first-order valence-electron chi connectivity index (χ1n) is 6.79. The van der Waals surface area contributed by atoms with Crippen molar-refractivity contribution in [2.24, 2.45) is 5.73 Å². The predicted octanol–water partition coefficient (Wildman–Crippen LogP) is 2.22. The summed E-state index contributed by atoms with van der Waals surface area (Å²) in [7, 11) is 3.16. The van der Waals surface area contributed by atoms with Gasteiger partial charge in [-0.3, -0.25) is 4.79 Å². The minimum absolute atomic E-state index is 0.0532. The number of hydrogen-bond donors (Lipinski definition) is 2. The zero-order valence-electron chi connectivity index (χ0n) is 12.3. The first kappa shape index (κ1) is 14.7.